The number of hydrogen-bond acceptors (Lipinski definition) is 2. The van der Waals surface area contributed by atoms with Crippen molar-refractivity contribution >= 4 is 0 Å². The summed E-state index contributed by atoms with van der Waals surface area (Å²) in [7, 11) is 0. The summed E-state index contributed by atoms with van der Waals surface area (Å²) in [6.07, 6.45) is 1.82. The minimum atomic E-state index is 0.561. The summed E-state index contributed by atoms with van der Waals surface area (Å²) in [6, 6.07) is 10.1. The Morgan fingerprint density at radius 3 is 2.73 bits per heavy atom. The Bertz CT molecular complexity index is 307. The van der Waals surface area contributed by atoms with E-state index in [9.17, 15) is 0 Å². The molecule has 0 aliphatic rings. The van der Waals surface area contributed by atoms with Gasteiger partial charge in [0.25, 0.3) is 0 Å². The molecule has 0 saturated carbocycles. The molecule has 0 bridgehead atoms. The molecule has 0 amide bonds. The summed E-state index contributed by atoms with van der Waals surface area (Å²) in [5, 5.41) is 3.45. The molecule has 0 saturated heterocycles. The number of hydrogen-bond donors (Lipinski definition) is 0. The third-order valence-corrected chi connectivity index (χ3v) is 1.97. The van der Waals surface area contributed by atoms with Crippen LogP contribution in [-0.4, -0.2) is 13.2 Å². The Morgan fingerprint density at radius 2 is 2.00 bits per heavy atom. The molecule has 1 aromatic rings. The van der Waals surface area contributed by atoms with Gasteiger partial charge in [0, 0.05) is 18.1 Å². The SMILES string of the molecule is [N-]=[N+]=NCCCCOCc1ccccc1. The average Bonchev–Trinajstić information content (AvgIpc) is 2.29. The van der Waals surface area contributed by atoms with E-state index in [4.69, 9.17) is 10.3 Å². The van der Waals surface area contributed by atoms with Crippen molar-refractivity contribution in [3.8, 4) is 0 Å². The van der Waals surface area contributed by atoms with Gasteiger partial charge in [0.2, 0.25) is 0 Å². The van der Waals surface area contributed by atoms with E-state index in [2.05, 4.69) is 10.0 Å². The van der Waals surface area contributed by atoms with Gasteiger partial charge in [-0.3, -0.25) is 0 Å². The average molecular weight is 205 g/mol. The zero-order chi connectivity index (χ0) is 10.8. The largest absolute Gasteiger partial charge is 0.377 e. The van der Waals surface area contributed by atoms with Crippen LogP contribution >= 0.6 is 0 Å². The van der Waals surface area contributed by atoms with Crippen LogP contribution < -0.4 is 0 Å². The first kappa shape index (κ1) is 11.6. The predicted octanol–water partition coefficient (Wildman–Crippen LogP) is 3.29. The first-order chi connectivity index (χ1) is 7.43. The molecule has 0 aliphatic heterocycles. The lowest BCUT2D eigenvalue weighted by molar-refractivity contribution is 0.117. The van der Waals surface area contributed by atoms with Gasteiger partial charge in [-0.25, -0.2) is 0 Å². The molecule has 0 fully saturated rings. The standard InChI is InChI=1S/C11H15N3O/c12-14-13-8-4-5-9-15-10-11-6-2-1-3-7-11/h1-3,6-7H,4-5,8-10H2. The molecule has 1 rings (SSSR count). The third kappa shape index (κ3) is 5.73. The highest BCUT2D eigenvalue weighted by molar-refractivity contribution is 5.13. The van der Waals surface area contributed by atoms with Gasteiger partial charge < -0.3 is 4.74 Å². The molecule has 0 radical (unpaired) electrons. The van der Waals surface area contributed by atoms with Crippen molar-refractivity contribution in [3.63, 3.8) is 0 Å². The maximum absolute atomic E-state index is 8.04. The first-order valence-electron chi connectivity index (χ1n) is 5.06. The number of nitrogens with zero attached hydrogens (tertiary/aromatic N) is 3. The molecule has 0 aliphatic carbocycles. The van der Waals surface area contributed by atoms with E-state index in [0.717, 1.165) is 19.4 Å². The van der Waals surface area contributed by atoms with E-state index in [1.807, 2.05) is 30.3 Å². The Hall–Kier alpha value is -1.51. The second-order valence-electron chi connectivity index (χ2n) is 3.20. The second-order valence-corrected chi connectivity index (χ2v) is 3.20. The Kier molecular flexibility index (Phi) is 6.05. The van der Waals surface area contributed by atoms with Crippen molar-refractivity contribution in [2.75, 3.05) is 13.2 Å². The molecule has 0 unspecified atom stereocenters. The summed E-state index contributed by atoms with van der Waals surface area (Å²) >= 11 is 0. The second kappa shape index (κ2) is 7.85. The van der Waals surface area contributed by atoms with E-state index in [-0.39, 0.29) is 0 Å². The van der Waals surface area contributed by atoms with Gasteiger partial charge in [0.05, 0.1) is 6.61 Å². The fourth-order valence-electron chi connectivity index (χ4n) is 1.20. The smallest absolute Gasteiger partial charge is 0.0716 e. The molecule has 0 atom stereocenters. The maximum Gasteiger partial charge on any atom is 0.0716 e. The lowest BCUT2D eigenvalue weighted by Gasteiger charge is -2.02. The quantitative estimate of drug-likeness (QED) is 0.291. The van der Waals surface area contributed by atoms with E-state index in [1.54, 1.807) is 0 Å². The monoisotopic (exact) mass is 205 g/mol. The normalized spacial score (nSPS) is 9.60. The highest BCUT2D eigenvalue weighted by atomic mass is 16.5. The lowest BCUT2D eigenvalue weighted by atomic mass is 10.2. The zero-order valence-corrected chi connectivity index (χ0v) is 8.67. The van der Waals surface area contributed by atoms with Crippen LogP contribution in [0.5, 0.6) is 0 Å². The van der Waals surface area contributed by atoms with E-state index < -0.39 is 0 Å². The van der Waals surface area contributed by atoms with Crippen molar-refractivity contribution in [2.24, 2.45) is 5.11 Å². The van der Waals surface area contributed by atoms with Crippen LogP contribution in [0.2, 0.25) is 0 Å². The van der Waals surface area contributed by atoms with Gasteiger partial charge in [-0.15, -0.1) is 0 Å². The Balaban J connectivity index is 2.00. The summed E-state index contributed by atoms with van der Waals surface area (Å²) < 4.78 is 5.47. The minimum absolute atomic E-state index is 0.561. The van der Waals surface area contributed by atoms with Crippen LogP contribution in [0.25, 0.3) is 10.4 Å². The van der Waals surface area contributed by atoms with Crippen LogP contribution in [0.1, 0.15) is 18.4 Å². The van der Waals surface area contributed by atoms with Crippen LogP contribution in [-0.2, 0) is 11.3 Å². The molecule has 1 aromatic carbocycles. The first-order valence-corrected chi connectivity index (χ1v) is 5.06. The van der Waals surface area contributed by atoms with Crippen LogP contribution in [0.4, 0.5) is 0 Å². The molecule has 0 aromatic heterocycles. The summed E-state index contributed by atoms with van der Waals surface area (Å²) in [5.74, 6) is 0. The molecular formula is C11H15N3O. The number of ether oxygens (including phenoxy) is 1. The third-order valence-electron chi connectivity index (χ3n) is 1.97. The van der Waals surface area contributed by atoms with Crippen molar-refractivity contribution < 1.29 is 4.74 Å². The Labute approximate surface area is 89.5 Å². The fraction of sp³-hybridized carbons (Fsp3) is 0.455. The highest BCUT2D eigenvalue weighted by Gasteiger charge is 1.91. The van der Waals surface area contributed by atoms with Gasteiger partial charge in [0.15, 0.2) is 0 Å². The number of unbranched alkanes of at least 4 members (excludes halogenated alkanes) is 1. The molecule has 4 nitrogen and oxygen atoms in total. The van der Waals surface area contributed by atoms with Gasteiger partial charge in [-0.05, 0) is 23.9 Å². The zero-order valence-electron chi connectivity index (χ0n) is 8.67. The number of azide groups is 1. The van der Waals surface area contributed by atoms with Crippen LogP contribution in [0, 0.1) is 0 Å². The molecule has 80 valence electrons. The van der Waals surface area contributed by atoms with E-state index in [1.165, 1.54) is 5.56 Å². The summed E-state index contributed by atoms with van der Waals surface area (Å²) in [6.45, 7) is 1.93. The minimum Gasteiger partial charge on any atom is -0.377 e. The Morgan fingerprint density at radius 1 is 1.20 bits per heavy atom. The molecule has 0 heterocycles. The molecule has 4 heteroatoms. The van der Waals surface area contributed by atoms with Gasteiger partial charge >= 0.3 is 0 Å². The van der Waals surface area contributed by atoms with Crippen LogP contribution in [0.3, 0.4) is 0 Å². The van der Waals surface area contributed by atoms with E-state index in [0.29, 0.717) is 13.2 Å². The van der Waals surface area contributed by atoms with Crippen molar-refractivity contribution in [3.05, 3.63) is 46.3 Å². The molecule has 0 N–H and O–H groups in total. The van der Waals surface area contributed by atoms with Crippen molar-refractivity contribution in [1.29, 1.82) is 0 Å². The predicted molar refractivity (Wildman–Crippen MR) is 59.3 cm³/mol. The van der Waals surface area contributed by atoms with Gasteiger partial charge in [-0.2, -0.15) is 0 Å². The van der Waals surface area contributed by atoms with Gasteiger partial charge in [-0.1, -0.05) is 35.4 Å². The highest BCUT2D eigenvalue weighted by Crippen LogP contribution is 2.01. The summed E-state index contributed by atoms with van der Waals surface area (Å²) in [5.41, 5.74) is 9.23. The topological polar surface area (TPSA) is 58.0 Å². The lowest BCUT2D eigenvalue weighted by Crippen LogP contribution is -1.96. The van der Waals surface area contributed by atoms with Crippen LogP contribution in [0.15, 0.2) is 35.4 Å². The van der Waals surface area contributed by atoms with Crippen molar-refractivity contribution in [2.45, 2.75) is 19.4 Å². The van der Waals surface area contributed by atoms with Gasteiger partial charge in [0.1, 0.15) is 0 Å². The maximum atomic E-state index is 8.04. The fourth-order valence-corrected chi connectivity index (χ4v) is 1.20. The van der Waals surface area contributed by atoms with E-state index >= 15 is 0 Å². The van der Waals surface area contributed by atoms with Crippen molar-refractivity contribution in [1.82, 2.24) is 0 Å². The molecule has 0 spiro atoms. The number of rotatable bonds is 7. The molecule has 15 heavy (non-hydrogen) atoms. The summed E-state index contributed by atoms with van der Waals surface area (Å²) in [4.78, 5) is 2.69. The number of benzene rings is 1. The molecular weight excluding hydrogens is 190 g/mol.